The molecule has 0 aromatic heterocycles. The van der Waals surface area contributed by atoms with Gasteiger partial charge in [-0.2, -0.15) is 0 Å². The number of rotatable bonds is 55. The quantitative estimate of drug-likeness (QED) is 0.0261. The molecule has 0 N–H and O–H groups in total. The largest absolute Gasteiger partial charge is 0.462 e. The van der Waals surface area contributed by atoms with E-state index >= 15 is 0 Å². The Kier molecular flexibility index (Phi) is 60.4. The first-order chi connectivity index (χ1) is 38.5. The van der Waals surface area contributed by atoms with E-state index in [4.69, 9.17) is 14.2 Å². The van der Waals surface area contributed by atoms with Crippen molar-refractivity contribution in [2.75, 3.05) is 13.2 Å². The molecule has 78 heavy (non-hydrogen) atoms. The van der Waals surface area contributed by atoms with Gasteiger partial charge in [-0.15, -0.1) is 0 Å². The van der Waals surface area contributed by atoms with Gasteiger partial charge in [0.1, 0.15) is 13.2 Å². The highest BCUT2D eigenvalue weighted by atomic mass is 16.6. The van der Waals surface area contributed by atoms with Crippen molar-refractivity contribution < 1.29 is 28.6 Å². The van der Waals surface area contributed by atoms with Crippen LogP contribution in [0.4, 0.5) is 0 Å². The molecule has 0 fully saturated rings. The molecule has 0 saturated carbocycles. The molecule has 0 bridgehead atoms. The Morgan fingerprint density at radius 1 is 0.282 bits per heavy atom. The Morgan fingerprint density at radius 2 is 0.538 bits per heavy atom. The van der Waals surface area contributed by atoms with Crippen LogP contribution in [0.2, 0.25) is 0 Å². The van der Waals surface area contributed by atoms with Crippen LogP contribution in [0.5, 0.6) is 0 Å². The summed E-state index contributed by atoms with van der Waals surface area (Å²) in [7, 11) is 0. The molecule has 0 radical (unpaired) electrons. The average molecular weight is 1080 g/mol. The third-order valence-electron chi connectivity index (χ3n) is 12.8. The number of hydrogen-bond donors (Lipinski definition) is 0. The summed E-state index contributed by atoms with van der Waals surface area (Å²) in [5, 5.41) is 0. The van der Waals surface area contributed by atoms with Gasteiger partial charge < -0.3 is 14.2 Å². The second-order valence-electron chi connectivity index (χ2n) is 20.2. The zero-order valence-electron chi connectivity index (χ0n) is 50.1. The minimum Gasteiger partial charge on any atom is -0.462 e. The first-order valence-electron chi connectivity index (χ1n) is 31.5. The van der Waals surface area contributed by atoms with Crippen LogP contribution < -0.4 is 0 Å². The average Bonchev–Trinajstić information content (AvgIpc) is 3.44. The maximum Gasteiger partial charge on any atom is 0.310 e. The van der Waals surface area contributed by atoms with Crippen molar-refractivity contribution in [2.24, 2.45) is 0 Å². The van der Waals surface area contributed by atoms with E-state index in [1.54, 1.807) is 6.08 Å². The number of carbonyl (C=O) groups excluding carboxylic acids is 3. The number of unbranched alkanes of at least 4 members (excludes halogenated alkanes) is 19. The second kappa shape index (κ2) is 64.6. The number of carbonyl (C=O) groups is 3. The Morgan fingerprint density at radius 3 is 0.846 bits per heavy atom. The molecular formula is C72H114O6. The molecule has 6 heteroatoms. The van der Waals surface area contributed by atoms with E-state index in [9.17, 15) is 14.4 Å². The summed E-state index contributed by atoms with van der Waals surface area (Å²) < 4.78 is 16.8. The van der Waals surface area contributed by atoms with Crippen LogP contribution in [0.25, 0.3) is 0 Å². The number of hydrogen-bond acceptors (Lipinski definition) is 6. The Balaban J connectivity index is 4.34. The molecule has 0 rings (SSSR count). The Labute approximate surface area is 480 Å². The lowest BCUT2D eigenvalue weighted by Crippen LogP contribution is -2.30. The van der Waals surface area contributed by atoms with Gasteiger partial charge in [0.2, 0.25) is 0 Å². The molecule has 1 unspecified atom stereocenters. The topological polar surface area (TPSA) is 78.9 Å². The Bertz CT molecular complexity index is 1760. The first-order valence-corrected chi connectivity index (χ1v) is 31.5. The van der Waals surface area contributed by atoms with Gasteiger partial charge in [0, 0.05) is 12.8 Å². The van der Waals surface area contributed by atoms with E-state index in [2.05, 4.69) is 167 Å². The van der Waals surface area contributed by atoms with Crippen molar-refractivity contribution in [1.82, 2.24) is 0 Å². The summed E-state index contributed by atoms with van der Waals surface area (Å²) in [5.41, 5.74) is 0. The standard InChI is InChI=1S/C72H114O6/c1-4-7-10-13-16-19-22-25-28-29-30-31-32-33-34-35-36-37-38-39-40-41-42-43-45-47-50-53-56-59-62-65-71(74)77-68-69(67-76-70(73)64-61-58-55-52-49-46-27-24-21-18-15-12-9-6-3)78-72(75)66-63-60-57-54-51-48-44-26-23-20-17-14-11-8-5-2/h7-8,10-11,15-20,24-28,30-31,33-34,36-37,44,51,54,60,63,69H,4-6,9,12-14,21-23,29,32,35,38-43,45-50,52-53,55-59,61-62,64-68H2,1-3H3/b10-7-,11-8-,18-15-,19-16-,20-17-,27-24-,28-25-,31-30-,34-33-,37-36-,44-26-,54-51-,63-60-. The maximum absolute atomic E-state index is 12.8. The minimum absolute atomic E-state index is 0.0874. The summed E-state index contributed by atoms with van der Waals surface area (Å²) in [4.78, 5) is 38.2. The molecule has 0 aromatic carbocycles. The van der Waals surface area contributed by atoms with Crippen molar-refractivity contribution in [3.63, 3.8) is 0 Å². The maximum atomic E-state index is 12.8. The summed E-state index contributed by atoms with van der Waals surface area (Å²) in [6.45, 7) is 6.27. The first kappa shape index (κ1) is 73.0. The Hall–Kier alpha value is -4.97. The van der Waals surface area contributed by atoms with Gasteiger partial charge in [-0.25, -0.2) is 0 Å². The smallest absolute Gasteiger partial charge is 0.310 e. The summed E-state index contributed by atoms with van der Waals surface area (Å²) in [6.07, 6.45) is 94.2. The van der Waals surface area contributed by atoms with Gasteiger partial charge in [0.25, 0.3) is 0 Å². The predicted molar refractivity (Wildman–Crippen MR) is 338 cm³/mol. The highest BCUT2D eigenvalue weighted by molar-refractivity contribution is 5.72. The normalized spacial score (nSPS) is 13.2. The predicted octanol–water partition coefficient (Wildman–Crippen LogP) is 21.7. The van der Waals surface area contributed by atoms with Gasteiger partial charge in [-0.3, -0.25) is 14.4 Å². The zero-order valence-corrected chi connectivity index (χ0v) is 50.1. The number of ether oxygens (including phenoxy) is 3. The van der Waals surface area contributed by atoms with Crippen molar-refractivity contribution in [1.29, 1.82) is 0 Å². The third-order valence-corrected chi connectivity index (χ3v) is 12.8. The molecule has 0 amide bonds. The van der Waals surface area contributed by atoms with E-state index in [-0.39, 0.29) is 31.6 Å². The van der Waals surface area contributed by atoms with Crippen LogP contribution in [-0.2, 0) is 28.6 Å². The van der Waals surface area contributed by atoms with Crippen LogP contribution in [0.3, 0.4) is 0 Å². The van der Waals surface area contributed by atoms with Crippen LogP contribution in [0.15, 0.2) is 158 Å². The fourth-order valence-electron chi connectivity index (χ4n) is 8.13. The molecule has 0 aliphatic rings. The van der Waals surface area contributed by atoms with Crippen LogP contribution in [0, 0.1) is 0 Å². The van der Waals surface area contributed by atoms with E-state index in [0.29, 0.717) is 19.3 Å². The summed E-state index contributed by atoms with van der Waals surface area (Å²) in [6, 6.07) is 0. The van der Waals surface area contributed by atoms with Gasteiger partial charge in [0.15, 0.2) is 6.10 Å². The minimum atomic E-state index is -0.846. The van der Waals surface area contributed by atoms with Crippen molar-refractivity contribution in [2.45, 2.75) is 264 Å². The molecule has 0 aliphatic heterocycles. The summed E-state index contributed by atoms with van der Waals surface area (Å²) in [5.74, 6) is -1.08. The van der Waals surface area contributed by atoms with Gasteiger partial charge in [-0.05, 0) is 122 Å². The van der Waals surface area contributed by atoms with E-state index < -0.39 is 12.1 Å². The summed E-state index contributed by atoms with van der Waals surface area (Å²) >= 11 is 0. The molecule has 0 aliphatic carbocycles. The van der Waals surface area contributed by atoms with Gasteiger partial charge in [0.05, 0.1) is 6.42 Å². The highest BCUT2D eigenvalue weighted by Crippen LogP contribution is 2.15. The third kappa shape index (κ3) is 61.9. The molecule has 0 saturated heterocycles. The number of esters is 3. The molecular weight excluding hydrogens is 961 g/mol. The van der Waals surface area contributed by atoms with Crippen molar-refractivity contribution in [3.05, 3.63) is 158 Å². The molecule has 0 aromatic rings. The van der Waals surface area contributed by atoms with Crippen LogP contribution in [0.1, 0.15) is 258 Å². The fraction of sp³-hybridized carbons (Fsp3) is 0.597. The van der Waals surface area contributed by atoms with Crippen LogP contribution in [-0.4, -0.2) is 37.2 Å². The molecule has 1 atom stereocenters. The van der Waals surface area contributed by atoms with E-state index in [1.165, 1.54) is 83.5 Å². The molecule has 6 nitrogen and oxygen atoms in total. The lowest BCUT2D eigenvalue weighted by Gasteiger charge is -2.18. The fourth-order valence-corrected chi connectivity index (χ4v) is 8.13. The monoisotopic (exact) mass is 1070 g/mol. The lowest BCUT2D eigenvalue weighted by molar-refractivity contribution is -0.166. The van der Waals surface area contributed by atoms with Gasteiger partial charge >= 0.3 is 17.9 Å². The zero-order chi connectivity index (χ0) is 56.4. The van der Waals surface area contributed by atoms with E-state index in [0.717, 1.165) is 128 Å². The number of allylic oxidation sites excluding steroid dienone is 25. The SMILES string of the molecule is CC/C=C\C/C=C\C/C=C\C/C=C\C/C=C\C/C=C\CCCCCCCCCCCCCCC(=O)OCC(COC(=O)CCCCCCC/C=C\C/C=C\CCCC)OC(=O)C/C=C\C/C=C\C/C=C\C/C=C\C/C=C\CC. The molecule has 0 heterocycles. The second-order valence-corrected chi connectivity index (χ2v) is 20.2. The molecule has 438 valence electrons. The van der Waals surface area contributed by atoms with Crippen molar-refractivity contribution >= 4 is 17.9 Å². The molecule has 0 spiro atoms. The van der Waals surface area contributed by atoms with Crippen LogP contribution >= 0.6 is 0 Å². The van der Waals surface area contributed by atoms with Crippen molar-refractivity contribution in [3.8, 4) is 0 Å². The lowest BCUT2D eigenvalue weighted by atomic mass is 10.0. The highest BCUT2D eigenvalue weighted by Gasteiger charge is 2.19. The van der Waals surface area contributed by atoms with Gasteiger partial charge in [-0.1, -0.05) is 275 Å². The van der Waals surface area contributed by atoms with E-state index in [1.807, 2.05) is 6.08 Å².